The van der Waals surface area contributed by atoms with Crippen LogP contribution in [0.2, 0.25) is 0 Å². The van der Waals surface area contributed by atoms with E-state index in [4.69, 9.17) is 15.2 Å². The van der Waals surface area contributed by atoms with E-state index in [1.807, 2.05) is 25.1 Å². The summed E-state index contributed by atoms with van der Waals surface area (Å²) in [6.45, 7) is 6.74. The number of nitrogen functional groups attached to an aromatic ring is 1. The Balaban J connectivity index is 2.76. The molecule has 0 saturated heterocycles. The molecule has 0 aromatic heterocycles. The second-order valence-electron chi connectivity index (χ2n) is 3.82. The fourth-order valence-corrected chi connectivity index (χ4v) is 1.59. The second-order valence-corrected chi connectivity index (χ2v) is 3.82. The molecule has 16 heavy (non-hydrogen) atoms. The average molecular weight is 223 g/mol. The van der Waals surface area contributed by atoms with Crippen LogP contribution in [0.5, 0.6) is 11.5 Å². The molecule has 0 bridgehead atoms. The lowest BCUT2D eigenvalue weighted by molar-refractivity contribution is 0.210. The van der Waals surface area contributed by atoms with Gasteiger partial charge in [0.05, 0.1) is 12.7 Å². The highest BCUT2D eigenvalue weighted by atomic mass is 16.5. The maximum atomic E-state index is 5.96. The molecule has 0 amide bonds. The zero-order valence-electron chi connectivity index (χ0n) is 10.3. The third-order valence-corrected chi connectivity index (χ3v) is 2.35. The SMILES string of the molecule is CCCC(C)Oc1cccc(OCC)c1N. The minimum Gasteiger partial charge on any atom is -0.492 e. The van der Waals surface area contributed by atoms with Gasteiger partial charge in [-0.1, -0.05) is 19.4 Å². The maximum Gasteiger partial charge on any atom is 0.146 e. The summed E-state index contributed by atoms with van der Waals surface area (Å²) in [5.74, 6) is 1.41. The Bertz CT molecular complexity index is 326. The van der Waals surface area contributed by atoms with Crippen molar-refractivity contribution in [3.63, 3.8) is 0 Å². The van der Waals surface area contributed by atoms with Crippen LogP contribution in [0.1, 0.15) is 33.6 Å². The molecule has 0 aliphatic carbocycles. The lowest BCUT2D eigenvalue weighted by atomic mass is 10.2. The van der Waals surface area contributed by atoms with Crippen LogP contribution in [-0.4, -0.2) is 12.7 Å². The molecule has 90 valence electrons. The topological polar surface area (TPSA) is 44.5 Å². The van der Waals surface area contributed by atoms with E-state index in [0.29, 0.717) is 23.8 Å². The summed E-state index contributed by atoms with van der Waals surface area (Å²) in [6.07, 6.45) is 2.31. The van der Waals surface area contributed by atoms with Gasteiger partial charge in [0.25, 0.3) is 0 Å². The van der Waals surface area contributed by atoms with E-state index in [9.17, 15) is 0 Å². The predicted molar refractivity (Wildman–Crippen MR) is 67.0 cm³/mol. The molecule has 1 rings (SSSR count). The smallest absolute Gasteiger partial charge is 0.146 e. The number of para-hydroxylation sites is 1. The zero-order valence-corrected chi connectivity index (χ0v) is 10.3. The van der Waals surface area contributed by atoms with Gasteiger partial charge in [-0.15, -0.1) is 0 Å². The molecule has 0 spiro atoms. The molecule has 0 radical (unpaired) electrons. The number of hydrogen-bond donors (Lipinski definition) is 1. The van der Waals surface area contributed by atoms with Crippen LogP contribution in [0.3, 0.4) is 0 Å². The first kappa shape index (κ1) is 12.7. The second kappa shape index (κ2) is 6.26. The molecule has 1 atom stereocenters. The van der Waals surface area contributed by atoms with Crippen molar-refractivity contribution in [2.24, 2.45) is 0 Å². The van der Waals surface area contributed by atoms with Crippen molar-refractivity contribution in [2.75, 3.05) is 12.3 Å². The van der Waals surface area contributed by atoms with Crippen LogP contribution in [0.15, 0.2) is 18.2 Å². The van der Waals surface area contributed by atoms with Crippen molar-refractivity contribution >= 4 is 5.69 Å². The van der Waals surface area contributed by atoms with Crippen LogP contribution < -0.4 is 15.2 Å². The molecular formula is C13H21NO2. The maximum absolute atomic E-state index is 5.96. The van der Waals surface area contributed by atoms with Crippen molar-refractivity contribution in [3.8, 4) is 11.5 Å². The Hall–Kier alpha value is -1.38. The van der Waals surface area contributed by atoms with Gasteiger partial charge in [-0.25, -0.2) is 0 Å². The highest BCUT2D eigenvalue weighted by Crippen LogP contribution is 2.32. The Kier molecular flexibility index (Phi) is 4.96. The number of hydrogen-bond acceptors (Lipinski definition) is 3. The van der Waals surface area contributed by atoms with Gasteiger partial charge >= 0.3 is 0 Å². The van der Waals surface area contributed by atoms with Crippen molar-refractivity contribution in [2.45, 2.75) is 39.7 Å². The summed E-state index contributed by atoms with van der Waals surface area (Å²) in [5, 5.41) is 0. The highest BCUT2D eigenvalue weighted by Gasteiger charge is 2.09. The lowest BCUT2D eigenvalue weighted by Gasteiger charge is -2.17. The Morgan fingerprint density at radius 2 is 1.94 bits per heavy atom. The van der Waals surface area contributed by atoms with E-state index >= 15 is 0 Å². The summed E-state index contributed by atoms with van der Waals surface area (Å²) < 4.78 is 11.2. The first-order chi connectivity index (χ1) is 7.69. The minimum atomic E-state index is 0.184. The summed E-state index contributed by atoms with van der Waals surface area (Å²) in [7, 11) is 0. The molecule has 0 aliphatic rings. The predicted octanol–water partition coefficient (Wildman–Crippen LogP) is 3.23. The minimum absolute atomic E-state index is 0.184. The molecule has 1 aromatic carbocycles. The molecule has 0 fully saturated rings. The summed E-state index contributed by atoms with van der Waals surface area (Å²) in [4.78, 5) is 0. The fraction of sp³-hybridized carbons (Fsp3) is 0.538. The van der Waals surface area contributed by atoms with Gasteiger partial charge in [0, 0.05) is 0 Å². The molecule has 0 saturated carbocycles. The summed E-state index contributed by atoms with van der Waals surface area (Å²) >= 11 is 0. The summed E-state index contributed by atoms with van der Waals surface area (Å²) in [6, 6.07) is 5.63. The fourth-order valence-electron chi connectivity index (χ4n) is 1.59. The lowest BCUT2D eigenvalue weighted by Crippen LogP contribution is -2.12. The Labute approximate surface area is 97.6 Å². The van der Waals surface area contributed by atoms with Gasteiger partial charge < -0.3 is 15.2 Å². The largest absolute Gasteiger partial charge is 0.492 e. The molecule has 3 nitrogen and oxygen atoms in total. The number of ether oxygens (including phenoxy) is 2. The van der Waals surface area contributed by atoms with E-state index in [1.165, 1.54) is 0 Å². The average Bonchev–Trinajstić information content (AvgIpc) is 2.24. The quantitative estimate of drug-likeness (QED) is 0.753. The zero-order chi connectivity index (χ0) is 12.0. The van der Waals surface area contributed by atoms with E-state index < -0.39 is 0 Å². The van der Waals surface area contributed by atoms with Gasteiger partial charge in [-0.2, -0.15) is 0 Å². The standard InChI is InChI=1S/C13H21NO2/c1-4-7-10(3)16-12-9-6-8-11(13(12)14)15-5-2/h6,8-10H,4-5,7,14H2,1-3H3. The van der Waals surface area contributed by atoms with E-state index in [2.05, 4.69) is 13.8 Å². The summed E-state index contributed by atoms with van der Waals surface area (Å²) in [5.41, 5.74) is 6.55. The van der Waals surface area contributed by atoms with Crippen molar-refractivity contribution in [3.05, 3.63) is 18.2 Å². The number of benzene rings is 1. The Morgan fingerprint density at radius 3 is 2.56 bits per heavy atom. The van der Waals surface area contributed by atoms with Gasteiger partial charge in [0.15, 0.2) is 0 Å². The molecule has 3 heteroatoms. The van der Waals surface area contributed by atoms with Gasteiger partial charge in [-0.3, -0.25) is 0 Å². The van der Waals surface area contributed by atoms with Crippen LogP contribution in [0, 0.1) is 0 Å². The molecular weight excluding hydrogens is 202 g/mol. The molecule has 1 unspecified atom stereocenters. The monoisotopic (exact) mass is 223 g/mol. The van der Waals surface area contributed by atoms with Gasteiger partial charge in [-0.05, 0) is 32.4 Å². The molecule has 2 N–H and O–H groups in total. The van der Waals surface area contributed by atoms with Crippen molar-refractivity contribution in [1.82, 2.24) is 0 Å². The van der Waals surface area contributed by atoms with Crippen molar-refractivity contribution in [1.29, 1.82) is 0 Å². The molecule has 1 aromatic rings. The van der Waals surface area contributed by atoms with E-state index in [0.717, 1.165) is 12.8 Å². The number of nitrogens with two attached hydrogens (primary N) is 1. The highest BCUT2D eigenvalue weighted by molar-refractivity contribution is 5.62. The van der Waals surface area contributed by atoms with Crippen LogP contribution in [-0.2, 0) is 0 Å². The van der Waals surface area contributed by atoms with Crippen LogP contribution in [0.25, 0.3) is 0 Å². The van der Waals surface area contributed by atoms with Crippen LogP contribution >= 0.6 is 0 Å². The number of rotatable bonds is 6. The number of anilines is 1. The third kappa shape index (κ3) is 3.33. The van der Waals surface area contributed by atoms with E-state index in [-0.39, 0.29) is 6.10 Å². The van der Waals surface area contributed by atoms with E-state index in [1.54, 1.807) is 0 Å². The van der Waals surface area contributed by atoms with Crippen molar-refractivity contribution < 1.29 is 9.47 Å². The first-order valence-corrected chi connectivity index (χ1v) is 5.87. The third-order valence-electron chi connectivity index (χ3n) is 2.35. The molecule has 0 heterocycles. The normalized spacial score (nSPS) is 12.2. The van der Waals surface area contributed by atoms with Gasteiger partial charge in [0.2, 0.25) is 0 Å². The first-order valence-electron chi connectivity index (χ1n) is 5.87. The van der Waals surface area contributed by atoms with Crippen LogP contribution in [0.4, 0.5) is 5.69 Å². The molecule has 0 aliphatic heterocycles. The van der Waals surface area contributed by atoms with Gasteiger partial charge in [0.1, 0.15) is 17.2 Å². The Morgan fingerprint density at radius 1 is 1.25 bits per heavy atom.